The third-order valence-electron chi connectivity index (χ3n) is 3.54. The summed E-state index contributed by atoms with van der Waals surface area (Å²) in [5.74, 6) is -0.545. The Hall–Kier alpha value is -1.84. The summed E-state index contributed by atoms with van der Waals surface area (Å²) in [6.07, 6.45) is 0.200. The maximum atomic E-state index is 11.9. The van der Waals surface area contributed by atoms with Crippen molar-refractivity contribution in [2.75, 3.05) is 0 Å². The van der Waals surface area contributed by atoms with E-state index in [9.17, 15) is 9.59 Å². The highest BCUT2D eigenvalue weighted by Gasteiger charge is 2.32. The van der Waals surface area contributed by atoms with Gasteiger partial charge < -0.3 is 9.47 Å². The number of hydrogen-bond acceptors (Lipinski definition) is 4. The molecule has 0 N–H and O–H groups in total. The standard InChI is InChI=1S/C17H24O4/c1-5-15(18)21-13(2)17(3,4)11-16(19)20-12-14-9-7-6-8-10-14/h6-10,13H,5,11-12H2,1-4H3/t13-/m0/s1. The highest BCUT2D eigenvalue weighted by molar-refractivity contribution is 5.71. The molecule has 0 aliphatic carbocycles. The molecule has 0 saturated heterocycles. The zero-order valence-corrected chi connectivity index (χ0v) is 13.2. The maximum Gasteiger partial charge on any atom is 0.306 e. The molecular weight excluding hydrogens is 268 g/mol. The van der Waals surface area contributed by atoms with Crippen molar-refractivity contribution >= 4 is 11.9 Å². The molecule has 1 aromatic rings. The van der Waals surface area contributed by atoms with E-state index in [1.54, 1.807) is 13.8 Å². The monoisotopic (exact) mass is 292 g/mol. The summed E-state index contributed by atoms with van der Waals surface area (Å²) in [5, 5.41) is 0. The van der Waals surface area contributed by atoms with E-state index in [0.717, 1.165) is 5.56 Å². The van der Waals surface area contributed by atoms with Gasteiger partial charge in [0.25, 0.3) is 0 Å². The molecule has 1 aromatic carbocycles. The first-order chi connectivity index (χ1) is 9.85. The summed E-state index contributed by atoms with van der Waals surface area (Å²) in [7, 11) is 0. The quantitative estimate of drug-likeness (QED) is 0.722. The summed E-state index contributed by atoms with van der Waals surface area (Å²) >= 11 is 0. The summed E-state index contributed by atoms with van der Waals surface area (Å²) < 4.78 is 10.5. The minimum Gasteiger partial charge on any atom is -0.462 e. The van der Waals surface area contributed by atoms with E-state index in [2.05, 4.69) is 0 Å². The van der Waals surface area contributed by atoms with Gasteiger partial charge in [-0.15, -0.1) is 0 Å². The molecule has 0 fully saturated rings. The molecular formula is C17H24O4. The van der Waals surface area contributed by atoms with Crippen LogP contribution < -0.4 is 0 Å². The lowest BCUT2D eigenvalue weighted by molar-refractivity contribution is -0.159. The molecule has 0 spiro atoms. The first-order valence-electron chi connectivity index (χ1n) is 7.24. The number of carbonyl (C=O) groups is 2. The molecule has 21 heavy (non-hydrogen) atoms. The lowest BCUT2D eigenvalue weighted by Gasteiger charge is -2.30. The molecule has 4 nitrogen and oxygen atoms in total. The molecule has 116 valence electrons. The molecule has 0 aliphatic rings. The molecule has 1 atom stereocenters. The molecule has 0 aromatic heterocycles. The van der Waals surface area contributed by atoms with Crippen LogP contribution in [0.4, 0.5) is 0 Å². The number of ether oxygens (including phenoxy) is 2. The Kier molecular flexibility index (Phi) is 6.40. The van der Waals surface area contributed by atoms with Gasteiger partial charge in [-0.2, -0.15) is 0 Å². The van der Waals surface area contributed by atoms with E-state index in [-0.39, 0.29) is 31.1 Å². The van der Waals surface area contributed by atoms with Gasteiger partial charge in [0.15, 0.2) is 0 Å². The molecule has 0 unspecified atom stereocenters. The number of hydrogen-bond donors (Lipinski definition) is 0. The molecule has 0 aliphatic heterocycles. The summed E-state index contributed by atoms with van der Waals surface area (Å²) in [6, 6.07) is 9.53. The van der Waals surface area contributed by atoms with Gasteiger partial charge >= 0.3 is 11.9 Å². The molecule has 0 radical (unpaired) electrons. The molecule has 0 saturated carbocycles. The fourth-order valence-electron chi connectivity index (χ4n) is 1.74. The number of benzene rings is 1. The topological polar surface area (TPSA) is 52.6 Å². The third kappa shape index (κ3) is 5.98. The fourth-order valence-corrected chi connectivity index (χ4v) is 1.74. The zero-order chi connectivity index (χ0) is 15.9. The minimum atomic E-state index is -0.460. The van der Waals surface area contributed by atoms with Crippen molar-refractivity contribution in [3.8, 4) is 0 Å². The summed E-state index contributed by atoms with van der Waals surface area (Å²) in [4.78, 5) is 23.3. The van der Waals surface area contributed by atoms with E-state index in [1.165, 1.54) is 0 Å². The number of carbonyl (C=O) groups excluding carboxylic acids is 2. The van der Waals surface area contributed by atoms with Gasteiger partial charge in [0, 0.05) is 11.8 Å². The highest BCUT2D eigenvalue weighted by atomic mass is 16.5. The van der Waals surface area contributed by atoms with Crippen molar-refractivity contribution in [1.29, 1.82) is 0 Å². The molecule has 0 heterocycles. The van der Waals surface area contributed by atoms with Crippen LogP contribution in [0.3, 0.4) is 0 Å². The lowest BCUT2D eigenvalue weighted by atomic mass is 9.84. The Balaban J connectivity index is 2.46. The Morgan fingerprint density at radius 3 is 2.33 bits per heavy atom. The van der Waals surface area contributed by atoms with E-state index < -0.39 is 5.41 Å². The Bertz CT molecular complexity index is 465. The Morgan fingerprint density at radius 2 is 1.76 bits per heavy atom. The van der Waals surface area contributed by atoms with Crippen molar-refractivity contribution in [1.82, 2.24) is 0 Å². The second-order valence-electron chi connectivity index (χ2n) is 5.80. The first kappa shape index (κ1) is 17.2. The van der Waals surface area contributed by atoms with Crippen molar-refractivity contribution in [3.63, 3.8) is 0 Å². The van der Waals surface area contributed by atoms with E-state index in [4.69, 9.17) is 9.47 Å². The van der Waals surface area contributed by atoms with Crippen LogP contribution >= 0.6 is 0 Å². The van der Waals surface area contributed by atoms with Crippen LogP contribution in [-0.2, 0) is 25.7 Å². The van der Waals surface area contributed by atoms with Crippen LogP contribution in [0.2, 0.25) is 0 Å². The Labute approximate surface area is 126 Å². The molecule has 0 bridgehead atoms. The smallest absolute Gasteiger partial charge is 0.306 e. The predicted octanol–water partition coefficient (Wildman–Crippen LogP) is 3.49. The fraction of sp³-hybridized carbons (Fsp3) is 0.529. The van der Waals surface area contributed by atoms with Crippen molar-refractivity contribution in [2.24, 2.45) is 5.41 Å². The SMILES string of the molecule is CCC(=O)O[C@@H](C)C(C)(C)CC(=O)OCc1ccccc1. The van der Waals surface area contributed by atoms with Gasteiger partial charge in [0.2, 0.25) is 0 Å². The van der Waals surface area contributed by atoms with Gasteiger partial charge in [-0.25, -0.2) is 0 Å². The highest BCUT2D eigenvalue weighted by Crippen LogP contribution is 2.28. The molecule has 4 heteroatoms. The first-order valence-corrected chi connectivity index (χ1v) is 7.24. The second-order valence-corrected chi connectivity index (χ2v) is 5.80. The van der Waals surface area contributed by atoms with E-state index in [1.807, 2.05) is 44.2 Å². The third-order valence-corrected chi connectivity index (χ3v) is 3.54. The van der Waals surface area contributed by atoms with Gasteiger partial charge in [-0.05, 0) is 12.5 Å². The summed E-state index contributed by atoms with van der Waals surface area (Å²) in [6.45, 7) is 7.60. The van der Waals surface area contributed by atoms with Crippen molar-refractivity contribution in [2.45, 2.75) is 53.2 Å². The minimum absolute atomic E-state index is 0.206. The van der Waals surface area contributed by atoms with Gasteiger partial charge in [-0.3, -0.25) is 9.59 Å². The summed E-state index contributed by atoms with van der Waals surface area (Å²) in [5.41, 5.74) is 0.493. The van der Waals surface area contributed by atoms with Crippen molar-refractivity contribution < 1.29 is 19.1 Å². The Morgan fingerprint density at radius 1 is 1.14 bits per heavy atom. The average molecular weight is 292 g/mol. The van der Waals surface area contributed by atoms with Crippen LogP contribution in [0.15, 0.2) is 30.3 Å². The average Bonchev–Trinajstić information content (AvgIpc) is 2.45. The zero-order valence-electron chi connectivity index (χ0n) is 13.2. The number of rotatable bonds is 7. The molecule has 1 rings (SSSR count). The van der Waals surface area contributed by atoms with E-state index in [0.29, 0.717) is 6.42 Å². The van der Waals surface area contributed by atoms with Crippen LogP contribution in [-0.4, -0.2) is 18.0 Å². The number of esters is 2. The van der Waals surface area contributed by atoms with E-state index >= 15 is 0 Å². The van der Waals surface area contributed by atoms with Crippen LogP contribution in [0, 0.1) is 5.41 Å². The van der Waals surface area contributed by atoms with Gasteiger partial charge in [0.05, 0.1) is 6.42 Å². The lowest BCUT2D eigenvalue weighted by Crippen LogP contribution is -2.33. The van der Waals surface area contributed by atoms with Crippen LogP contribution in [0.1, 0.15) is 46.1 Å². The largest absolute Gasteiger partial charge is 0.462 e. The maximum absolute atomic E-state index is 11.9. The van der Waals surface area contributed by atoms with Crippen LogP contribution in [0.25, 0.3) is 0 Å². The van der Waals surface area contributed by atoms with Gasteiger partial charge in [-0.1, -0.05) is 51.1 Å². The van der Waals surface area contributed by atoms with Crippen molar-refractivity contribution in [3.05, 3.63) is 35.9 Å². The van der Waals surface area contributed by atoms with Gasteiger partial charge in [0.1, 0.15) is 12.7 Å². The predicted molar refractivity (Wildman–Crippen MR) is 80.5 cm³/mol. The normalized spacial score (nSPS) is 12.6. The van der Waals surface area contributed by atoms with Crippen LogP contribution in [0.5, 0.6) is 0 Å². The second kappa shape index (κ2) is 7.81. The molecule has 0 amide bonds.